The average Bonchev–Trinajstić information content (AvgIpc) is 2.79. The molecule has 23 heavy (non-hydrogen) atoms. The van der Waals surface area contributed by atoms with Gasteiger partial charge in [0.2, 0.25) is 5.78 Å². The zero-order chi connectivity index (χ0) is 16.4. The lowest BCUT2D eigenvalue weighted by molar-refractivity contribution is -0.126. The van der Waals surface area contributed by atoms with Gasteiger partial charge >= 0.3 is 0 Å². The topological polar surface area (TPSA) is 59.3 Å². The second-order valence-corrected chi connectivity index (χ2v) is 5.70. The van der Waals surface area contributed by atoms with Crippen molar-refractivity contribution in [1.82, 2.24) is 0 Å². The number of hydrogen-bond donors (Lipinski definition) is 0. The Balaban J connectivity index is 1.87. The third kappa shape index (κ3) is 2.82. The number of ketones is 1. The highest BCUT2D eigenvalue weighted by molar-refractivity contribution is 6.12. The maximum absolute atomic E-state index is 12.1. The van der Waals surface area contributed by atoms with Crippen molar-refractivity contribution >= 4 is 11.5 Å². The predicted octanol–water partition coefficient (Wildman–Crippen LogP) is 4.09. The zero-order valence-electron chi connectivity index (χ0n) is 12.9. The third-order valence-corrected chi connectivity index (χ3v) is 3.57. The van der Waals surface area contributed by atoms with E-state index in [-0.39, 0.29) is 11.4 Å². The van der Waals surface area contributed by atoms with Gasteiger partial charge < -0.3 is 9.47 Å². The molecule has 0 aliphatic carbocycles. The van der Waals surface area contributed by atoms with E-state index in [1.165, 1.54) is 0 Å². The number of Topliss-reactive ketones (excluding diaryl/α,β-unsaturated/α-hetero) is 1. The van der Waals surface area contributed by atoms with E-state index in [9.17, 15) is 10.1 Å². The van der Waals surface area contributed by atoms with Gasteiger partial charge in [0.15, 0.2) is 5.60 Å². The summed E-state index contributed by atoms with van der Waals surface area (Å²) in [6, 6.07) is 18.5. The summed E-state index contributed by atoms with van der Waals surface area (Å²) < 4.78 is 11.4. The van der Waals surface area contributed by atoms with Crippen molar-refractivity contribution in [3.05, 3.63) is 65.7 Å². The molecule has 0 aromatic heterocycles. The second-order valence-electron chi connectivity index (χ2n) is 5.70. The first-order chi connectivity index (χ1) is 11.0. The molecule has 0 bridgehead atoms. The molecule has 3 rings (SSSR count). The monoisotopic (exact) mass is 305 g/mol. The summed E-state index contributed by atoms with van der Waals surface area (Å²) in [5.74, 6) is 1.45. The summed E-state index contributed by atoms with van der Waals surface area (Å²) >= 11 is 0. The Kier molecular flexibility index (Phi) is 3.63. The van der Waals surface area contributed by atoms with Crippen LogP contribution in [0.1, 0.15) is 19.4 Å². The summed E-state index contributed by atoms with van der Waals surface area (Å²) in [5, 5.41) is 9.22. The van der Waals surface area contributed by atoms with Crippen molar-refractivity contribution in [2.75, 3.05) is 0 Å². The Hall–Kier alpha value is -3.06. The van der Waals surface area contributed by atoms with Gasteiger partial charge in [-0.05, 0) is 50.2 Å². The summed E-state index contributed by atoms with van der Waals surface area (Å²) in [6.07, 6.45) is 0. The number of nitriles is 1. The van der Waals surface area contributed by atoms with Gasteiger partial charge in [0.1, 0.15) is 28.9 Å². The number of nitrogens with zero attached hydrogens (tertiary/aromatic N) is 1. The van der Waals surface area contributed by atoms with E-state index in [1.807, 2.05) is 36.4 Å². The van der Waals surface area contributed by atoms with Gasteiger partial charge in [-0.25, -0.2) is 0 Å². The molecule has 2 aromatic rings. The van der Waals surface area contributed by atoms with E-state index >= 15 is 0 Å². The van der Waals surface area contributed by atoms with Gasteiger partial charge in [0.05, 0.1) is 0 Å². The lowest BCUT2D eigenvalue weighted by atomic mass is 9.99. The van der Waals surface area contributed by atoms with Gasteiger partial charge in [-0.15, -0.1) is 0 Å². The van der Waals surface area contributed by atoms with Gasteiger partial charge in [0.25, 0.3) is 0 Å². The van der Waals surface area contributed by atoms with E-state index in [0.29, 0.717) is 17.1 Å². The van der Waals surface area contributed by atoms with E-state index in [2.05, 4.69) is 0 Å². The second kappa shape index (κ2) is 5.62. The molecular formula is C19H15NO3. The largest absolute Gasteiger partial charge is 0.478 e. The van der Waals surface area contributed by atoms with Crippen LogP contribution in [0.4, 0.5) is 0 Å². The molecule has 4 nitrogen and oxygen atoms in total. The molecule has 0 atom stereocenters. The van der Waals surface area contributed by atoms with Gasteiger partial charge in [-0.2, -0.15) is 5.26 Å². The number of rotatable bonds is 3. The average molecular weight is 305 g/mol. The number of carbonyl (C=O) groups is 1. The maximum atomic E-state index is 12.1. The lowest BCUT2D eigenvalue weighted by Gasteiger charge is -2.17. The first-order valence-corrected chi connectivity index (χ1v) is 7.23. The molecule has 0 saturated carbocycles. The molecule has 1 aliphatic rings. The molecule has 0 saturated heterocycles. The van der Waals surface area contributed by atoms with Crippen molar-refractivity contribution in [2.24, 2.45) is 0 Å². The summed E-state index contributed by atoms with van der Waals surface area (Å²) in [4.78, 5) is 12.1. The summed E-state index contributed by atoms with van der Waals surface area (Å²) in [6.45, 7) is 3.32. The molecule has 1 heterocycles. The fraction of sp³-hybridized carbons (Fsp3) is 0.158. The van der Waals surface area contributed by atoms with Gasteiger partial charge in [-0.1, -0.05) is 18.2 Å². The fourth-order valence-electron chi connectivity index (χ4n) is 2.36. The highest BCUT2D eigenvalue weighted by Crippen LogP contribution is 2.36. The smallest absolute Gasteiger partial charge is 0.220 e. The van der Waals surface area contributed by atoms with Crippen molar-refractivity contribution in [3.8, 4) is 17.6 Å². The van der Waals surface area contributed by atoms with Crippen LogP contribution in [-0.4, -0.2) is 11.4 Å². The van der Waals surface area contributed by atoms with Crippen LogP contribution in [0.5, 0.6) is 11.5 Å². The molecule has 0 fully saturated rings. The van der Waals surface area contributed by atoms with Gasteiger partial charge in [0, 0.05) is 5.56 Å². The van der Waals surface area contributed by atoms with Crippen molar-refractivity contribution in [3.63, 3.8) is 0 Å². The van der Waals surface area contributed by atoms with E-state index in [4.69, 9.17) is 9.47 Å². The molecule has 114 valence electrons. The number of benzene rings is 2. The molecule has 0 unspecified atom stereocenters. The Morgan fingerprint density at radius 1 is 1.00 bits per heavy atom. The van der Waals surface area contributed by atoms with E-state index < -0.39 is 5.60 Å². The minimum atomic E-state index is -1.00. The predicted molar refractivity (Wildman–Crippen MR) is 85.7 cm³/mol. The Morgan fingerprint density at radius 3 is 2.22 bits per heavy atom. The van der Waals surface area contributed by atoms with Crippen molar-refractivity contribution < 1.29 is 14.3 Å². The van der Waals surface area contributed by atoms with Crippen LogP contribution in [0, 0.1) is 11.3 Å². The quantitative estimate of drug-likeness (QED) is 0.857. The van der Waals surface area contributed by atoms with Crippen LogP contribution in [0.2, 0.25) is 0 Å². The maximum Gasteiger partial charge on any atom is 0.220 e. The minimum Gasteiger partial charge on any atom is -0.478 e. The molecule has 1 aliphatic heterocycles. The van der Waals surface area contributed by atoms with Crippen LogP contribution in [0.25, 0.3) is 5.76 Å². The standard InChI is InChI=1S/C19H15NO3/c1-19(2)18(21)16(12-20)17(23-19)13-8-10-15(11-9-13)22-14-6-4-3-5-7-14/h3-11H,1-2H3. The molecule has 0 amide bonds. The highest BCUT2D eigenvalue weighted by Gasteiger charge is 2.42. The van der Waals surface area contributed by atoms with Gasteiger partial charge in [-0.3, -0.25) is 4.79 Å². The van der Waals surface area contributed by atoms with Crippen LogP contribution in [0.3, 0.4) is 0 Å². The Bertz CT molecular complexity index is 812. The fourth-order valence-corrected chi connectivity index (χ4v) is 2.36. The SMILES string of the molecule is CC1(C)OC(c2ccc(Oc3ccccc3)cc2)=C(C#N)C1=O. The Morgan fingerprint density at radius 2 is 1.61 bits per heavy atom. The molecule has 0 spiro atoms. The zero-order valence-corrected chi connectivity index (χ0v) is 12.9. The number of para-hydroxylation sites is 1. The highest BCUT2D eigenvalue weighted by atomic mass is 16.5. The summed E-state index contributed by atoms with van der Waals surface area (Å²) in [5.41, 5.74) is -0.257. The minimum absolute atomic E-state index is 0.0618. The molecule has 0 radical (unpaired) electrons. The Labute approximate surface area is 134 Å². The third-order valence-electron chi connectivity index (χ3n) is 3.57. The number of ether oxygens (including phenoxy) is 2. The van der Waals surface area contributed by atoms with E-state index in [1.54, 1.807) is 38.1 Å². The molecular weight excluding hydrogens is 290 g/mol. The lowest BCUT2D eigenvalue weighted by Crippen LogP contribution is -2.29. The van der Waals surface area contributed by atoms with Crippen LogP contribution < -0.4 is 4.74 Å². The van der Waals surface area contributed by atoms with Crippen molar-refractivity contribution in [1.29, 1.82) is 5.26 Å². The first-order valence-electron chi connectivity index (χ1n) is 7.23. The first kappa shape index (κ1) is 14.9. The number of carbonyl (C=O) groups excluding carboxylic acids is 1. The van der Waals surface area contributed by atoms with E-state index in [0.717, 1.165) is 5.75 Å². The number of hydrogen-bond acceptors (Lipinski definition) is 4. The molecule has 4 heteroatoms. The van der Waals surface area contributed by atoms with Crippen LogP contribution >= 0.6 is 0 Å². The molecule has 0 N–H and O–H groups in total. The summed E-state index contributed by atoms with van der Waals surface area (Å²) in [7, 11) is 0. The van der Waals surface area contributed by atoms with Crippen LogP contribution in [0.15, 0.2) is 60.2 Å². The normalized spacial score (nSPS) is 16.0. The van der Waals surface area contributed by atoms with Crippen LogP contribution in [-0.2, 0) is 9.53 Å². The molecule has 2 aromatic carbocycles. The van der Waals surface area contributed by atoms with Crippen molar-refractivity contribution in [2.45, 2.75) is 19.4 Å².